The maximum absolute atomic E-state index is 11.8. The fourth-order valence-electron chi connectivity index (χ4n) is 3.01. The first-order valence-corrected chi connectivity index (χ1v) is 9.20. The van der Waals surface area contributed by atoms with Gasteiger partial charge < -0.3 is 4.90 Å². The standard InChI is InChI=1S/C14H24N4O2S/c1-5-18(21(4,19)20)13-6-8-17(9-7-13)14-10-11(2)15-12(3)16-14/h10,13H,5-9H2,1-4H3. The van der Waals surface area contributed by atoms with Crippen LogP contribution in [0.15, 0.2) is 6.07 Å². The van der Waals surface area contributed by atoms with Crippen LogP contribution >= 0.6 is 0 Å². The maximum atomic E-state index is 11.8. The lowest BCUT2D eigenvalue weighted by atomic mass is 10.1. The van der Waals surface area contributed by atoms with Gasteiger partial charge in [-0.15, -0.1) is 0 Å². The van der Waals surface area contributed by atoms with Gasteiger partial charge in [0, 0.05) is 37.4 Å². The molecule has 1 aromatic heterocycles. The van der Waals surface area contributed by atoms with Gasteiger partial charge >= 0.3 is 0 Å². The third-order valence-corrected chi connectivity index (χ3v) is 5.29. The minimum absolute atomic E-state index is 0.102. The quantitative estimate of drug-likeness (QED) is 0.839. The van der Waals surface area contributed by atoms with Gasteiger partial charge in [0.05, 0.1) is 6.26 Å². The second-order valence-corrected chi connectivity index (χ2v) is 7.53. The van der Waals surface area contributed by atoms with Gasteiger partial charge in [-0.1, -0.05) is 6.92 Å². The first kappa shape index (κ1) is 16.2. The Kier molecular flexibility index (Phi) is 4.83. The second kappa shape index (κ2) is 6.27. The Labute approximate surface area is 127 Å². The number of piperidine rings is 1. The van der Waals surface area contributed by atoms with Crippen molar-refractivity contribution < 1.29 is 8.42 Å². The molecule has 2 heterocycles. The van der Waals surface area contributed by atoms with Crippen LogP contribution in [0.2, 0.25) is 0 Å². The molecule has 118 valence electrons. The summed E-state index contributed by atoms with van der Waals surface area (Å²) in [6.07, 6.45) is 2.96. The van der Waals surface area contributed by atoms with E-state index in [9.17, 15) is 8.42 Å². The fourth-order valence-corrected chi connectivity index (χ4v) is 4.23. The summed E-state index contributed by atoms with van der Waals surface area (Å²) in [6.45, 7) is 7.94. The van der Waals surface area contributed by atoms with E-state index >= 15 is 0 Å². The monoisotopic (exact) mass is 312 g/mol. The number of aromatic nitrogens is 2. The summed E-state index contributed by atoms with van der Waals surface area (Å²) >= 11 is 0. The van der Waals surface area contributed by atoms with Gasteiger partial charge in [-0.25, -0.2) is 18.4 Å². The molecule has 1 saturated heterocycles. The van der Waals surface area contributed by atoms with Crippen molar-refractivity contribution in [2.45, 2.75) is 39.7 Å². The Bertz CT molecular complexity index is 575. The Morgan fingerprint density at radius 3 is 2.38 bits per heavy atom. The second-order valence-electron chi connectivity index (χ2n) is 5.60. The molecule has 0 saturated carbocycles. The Hall–Kier alpha value is -1.21. The van der Waals surface area contributed by atoms with Crippen LogP contribution in [0, 0.1) is 13.8 Å². The zero-order chi connectivity index (χ0) is 15.6. The van der Waals surface area contributed by atoms with E-state index in [1.807, 2.05) is 26.8 Å². The molecular formula is C14H24N4O2S. The minimum atomic E-state index is -3.12. The van der Waals surface area contributed by atoms with Crippen molar-refractivity contribution in [3.8, 4) is 0 Å². The lowest BCUT2D eigenvalue weighted by Gasteiger charge is -2.37. The number of hydrogen-bond acceptors (Lipinski definition) is 5. The number of hydrogen-bond donors (Lipinski definition) is 0. The zero-order valence-corrected chi connectivity index (χ0v) is 14.0. The van der Waals surface area contributed by atoms with Gasteiger partial charge in [0.25, 0.3) is 0 Å². The molecule has 0 radical (unpaired) electrons. The molecular weight excluding hydrogens is 288 g/mol. The van der Waals surface area contributed by atoms with Crippen molar-refractivity contribution in [1.82, 2.24) is 14.3 Å². The highest BCUT2D eigenvalue weighted by atomic mass is 32.2. The molecule has 0 spiro atoms. The molecule has 2 rings (SSSR count). The molecule has 0 N–H and O–H groups in total. The molecule has 1 aliphatic heterocycles. The predicted molar refractivity (Wildman–Crippen MR) is 84.0 cm³/mol. The summed E-state index contributed by atoms with van der Waals surface area (Å²) in [6, 6.07) is 2.09. The average molecular weight is 312 g/mol. The first-order chi connectivity index (χ1) is 9.81. The maximum Gasteiger partial charge on any atom is 0.211 e. The van der Waals surface area contributed by atoms with E-state index in [0.717, 1.165) is 43.3 Å². The normalized spacial score (nSPS) is 17.5. The molecule has 6 nitrogen and oxygen atoms in total. The van der Waals surface area contributed by atoms with E-state index in [-0.39, 0.29) is 6.04 Å². The summed E-state index contributed by atoms with van der Waals surface area (Å²) in [4.78, 5) is 11.0. The number of aryl methyl sites for hydroxylation is 2. The average Bonchev–Trinajstić information content (AvgIpc) is 2.37. The molecule has 0 amide bonds. The smallest absolute Gasteiger partial charge is 0.211 e. The van der Waals surface area contributed by atoms with Crippen LogP contribution < -0.4 is 4.90 Å². The molecule has 0 aromatic carbocycles. The van der Waals surface area contributed by atoms with E-state index in [0.29, 0.717) is 6.54 Å². The summed E-state index contributed by atoms with van der Waals surface area (Å²) in [5.41, 5.74) is 0.964. The molecule has 0 aliphatic carbocycles. The van der Waals surface area contributed by atoms with E-state index < -0.39 is 10.0 Å². The largest absolute Gasteiger partial charge is 0.356 e. The van der Waals surface area contributed by atoms with Crippen LogP contribution in [0.25, 0.3) is 0 Å². The van der Waals surface area contributed by atoms with Gasteiger partial charge in [0.15, 0.2) is 0 Å². The highest BCUT2D eigenvalue weighted by Crippen LogP contribution is 2.23. The molecule has 0 bridgehead atoms. The van der Waals surface area contributed by atoms with Crippen molar-refractivity contribution in [3.05, 3.63) is 17.6 Å². The Balaban J connectivity index is 2.06. The van der Waals surface area contributed by atoms with Crippen LogP contribution in [-0.2, 0) is 10.0 Å². The van der Waals surface area contributed by atoms with E-state index in [2.05, 4.69) is 14.9 Å². The molecule has 7 heteroatoms. The number of sulfonamides is 1. The van der Waals surface area contributed by atoms with Crippen molar-refractivity contribution in [1.29, 1.82) is 0 Å². The molecule has 1 aliphatic rings. The SMILES string of the molecule is CCN(C1CCN(c2cc(C)nc(C)n2)CC1)S(C)(=O)=O. The van der Waals surface area contributed by atoms with Crippen molar-refractivity contribution >= 4 is 15.8 Å². The Morgan fingerprint density at radius 1 is 1.29 bits per heavy atom. The van der Waals surface area contributed by atoms with Gasteiger partial charge in [0.2, 0.25) is 10.0 Å². The summed E-state index contributed by atoms with van der Waals surface area (Å²) in [5, 5.41) is 0. The minimum Gasteiger partial charge on any atom is -0.356 e. The van der Waals surface area contributed by atoms with Gasteiger partial charge in [-0.05, 0) is 26.7 Å². The third-order valence-electron chi connectivity index (χ3n) is 3.89. The van der Waals surface area contributed by atoms with E-state index in [1.165, 1.54) is 6.26 Å². The van der Waals surface area contributed by atoms with Crippen molar-refractivity contribution in [2.75, 3.05) is 30.8 Å². The predicted octanol–water partition coefficient (Wildman–Crippen LogP) is 1.34. The first-order valence-electron chi connectivity index (χ1n) is 7.35. The zero-order valence-electron chi connectivity index (χ0n) is 13.2. The van der Waals surface area contributed by atoms with Gasteiger partial charge in [0.1, 0.15) is 11.6 Å². The topological polar surface area (TPSA) is 66.4 Å². The molecule has 1 aromatic rings. The highest BCUT2D eigenvalue weighted by molar-refractivity contribution is 7.88. The van der Waals surface area contributed by atoms with Crippen LogP contribution in [-0.4, -0.2) is 54.6 Å². The van der Waals surface area contributed by atoms with E-state index in [4.69, 9.17) is 0 Å². The highest BCUT2D eigenvalue weighted by Gasteiger charge is 2.29. The fraction of sp³-hybridized carbons (Fsp3) is 0.714. The van der Waals surface area contributed by atoms with E-state index in [1.54, 1.807) is 4.31 Å². The van der Waals surface area contributed by atoms with Crippen LogP contribution in [0.5, 0.6) is 0 Å². The summed E-state index contributed by atoms with van der Waals surface area (Å²) < 4.78 is 25.2. The molecule has 0 unspecified atom stereocenters. The van der Waals surface area contributed by atoms with Crippen LogP contribution in [0.1, 0.15) is 31.3 Å². The number of nitrogens with zero attached hydrogens (tertiary/aromatic N) is 4. The third kappa shape index (κ3) is 3.91. The number of anilines is 1. The van der Waals surface area contributed by atoms with Gasteiger partial charge in [-0.2, -0.15) is 4.31 Å². The molecule has 1 fully saturated rings. The summed E-state index contributed by atoms with van der Waals surface area (Å²) in [5.74, 6) is 1.72. The van der Waals surface area contributed by atoms with Crippen LogP contribution in [0.3, 0.4) is 0 Å². The van der Waals surface area contributed by atoms with Crippen molar-refractivity contribution in [2.24, 2.45) is 0 Å². The number of rotatable bonds is 4. The molecule has 0 atom stereocenters. The van der Waals surface area contributed by atoms with Crippen LogP contribution in [0.4, 0.5) is 5.82 Å². The Morgan fingerprint density at radius 2 is 1.90 bits per heavy atom. The van der Waals surface area contributed by atoms with Crippen molar-refractivity contribution in [3.63, 3.8) is 0 Å². The summed E-state index contributed by atoms with van der Waals surface area (Å²) in [7, 11) is -3.12. The van der Waals surface area contributed by atoms with Gasteiger partial charge in [-0.3, -0.25) is 0 Å². The lowest BCUT2D eigenvalue weighted by Crippen LogP contribution is -2.47. The molecule has 21 heavy (non-hydrogen) atoms. The lowest BCUT2D eigenvalue weighted by molar-refractivity contribution is 0.285.